The highest BCUT2D eigenvalue weighted by atomic mass is 35.5. The molecule has 0 spiro atoms. The number of aromatic nitrogens is 1. The summed E-state index contributed by atoms with van der Waals surface area (Å²) in [5.41, 5.74) is 0.789. The maximum Gasteiger partial charge on any atom is 0.227 e. The van der Waals surface area contributed by atoms with Crippen LogP contribution >= 0.6 is 22.9 Å². The molecule has 1 saturated heterocycles. The zero-order chi connectivity index (χ0) is 12.3. The molecule has 1 aromatic rings. The van der Waals surface area contributed by atoms with Crippen LogP contribution in [0.2, 0.25) is 0 Å². The van der Waals surface area contributed by atoms with Crippen molar-refractivity contribution >= 4 is 34.8 Å². The number of halogens is 1. The Morgan fingerprint density at radius 2 is 2.53 bits per heavy atom. The van der Waals surface area contributed by atoms with Crippen LogP contribution in [0.3, 0.4) is 0 Å². The molecule has 2 rings (SSSR count). The monoisotopic (exact) mass is 273 g/mol. The molecule has 2 amide bonds. The predicted octanol–water partition coefficient (Wildman–Crippen LogP) is 0.429. The Morgan fingerprint density at radius 1 is 1.71 bits per heavy atom. The number of carbonyl (C=O) groups is 2. The molecular formula is C10H12ClN3O2S. The van der Waals surface area contributed by atoms with Gasteiger partial charge in [-0.05, 0) is 0 Å². The summed E-state index contributed by atoms with van der Waals surface area (Å²) in [6.07, 6.45) is 0.600. The van der Waals surface area contributed by atoms with E-state index < -0.39 is 0 Å². The summed E-state index contributed by atoms with van der Waals surface area (Å²) in [7, 11) is 0. The molecule has 5 nitrogen and oxygen atoms in total. The molecule has 17 heavy (non-hydrogen) atoms. The average molecular weight is 274 g/mol. The van der Waals surface area contributed by atoms with E-state index in [2.05, 4.69) is 15.6 Å². The van der Waals surface area contributed by atoms with Gasteiger partial charge in [0.05, 0.1) is 24.0 Å². The van der Waals surface area contributed by atoms with E-state index in [1.54, 1.807) is 0 Å². The first-order valence-electron chi connectivity index (χ1n) is 5.22. The van der Waals surface area contributed by atoms with Crippen molar-refractivity contribution in [3.05, 3.63) is 16.1 Å². The molecule has 1 aliphatic heterocycles. The van der Waals surface area contributed by atoms with E-state index in [4.69, 9.17) is 11.6 Å². The fourth-order valence-corrected chi connectivity index (χ4v) is 2.64. The second-order valence-electron chi connectivity index (χ2n) is 3.82. The molecule has 0 aliphatic carbocycles. The first kappa shape index (κ1) is 12.3. The van der Waals surface area contributed by atoms with Gasteiger partial charge in [0, 0.05) is 18.3 Å². The van der Waals surface area contributed by atoms with E-state index in [1.807, 2.05) is 5.38 Å². The minimum Gasteiger partial charge on any atom is -0.354 e. The van der Waals surface area contributed by atoms with Crippen molar-refractivity contribution in [1.29, 1.82) is 0 Å². The second-order valence-corrected chi connectivity index (χ2v) is 5.03. The minimum absolute atomic E-state index is 0.0195. The number of amides is 2. The number of hydrogen-bond acceptors (Lipinski definition) is 4. The van der Waals surface area contributed by atoms with Crippen LogP contribution < -0.4 is 10.6 Å². The van der Waals surface area contributed by atoms with E-state index in [0.29, 0.717) is 18.8 Å². The number of alkyl halides is 1. The molecule has 1 unspecified atom stereocenters. The fourth-order valence-electron chi connectivity index (χ4n) is 1.61. The van der Waals surface area contributed by atoms with Crippen molar-refractivity contribution < 1.29 is 9.59 Å². The van der Waals surface area contributed by atoms with Crippen LogP contribution in [-0.2, 0) is 21.9 Å². The number of nitrogens with one attached hydrogen (secondary N) is 2. The maximum atomic E-state index is 11.7. The van der Waals surface area contributed by atoms with E-state index in [1.165, 1.54) is 11.3 Å². The van der Waals surface area contributed by atoms with Gasteiger partial charge in [-0.2, -0.15) is 0 Å². The van der Waals surface area contributed by atoms with Crippen LogP contribution in [0.4, 0.5) is 0 Å². The average Bonchev–Trinajstić information content (AvgIpc) is 2.88. The summed E-state index contributed by atoms with van der Waals surface area (Å²) in [6, 6.07) is -0.0949. The highest BCUT2D eigenvalue weighted by molar-refractivity contribution is 7.09. The quantitative estimate of drug-likeness (QED) is 0.782. The largest absolute Gasteiger partial charge is 0.354 e. The standard InChI is InChI=1S/C10H12ClN3O2S/c11-3-7-5-17-10(14-7)2-9(16)13-6-1-8(15)12-4-6/h5-6H,1-4H2,(H,12,15)(H,13,16). The van der Waals surface area contributed by atoms with E-state index >= 15 is 0 Å². The molecule has 2 heterocycles. The molecule has 2 N–H and O–H groups in total. The normalized spacial score (nSPS) is 19.1. The Hall–Kier alpha value is -1.14. The van der Waals surface area contributed by atoms with Crippen molar-refractivity contribution in [2.75, 3.05) is 6.54 Å². The summed E-state index contributed by atoms with van der Waals surface area (Å²) < 4.78 is 0. The van der Waals surface area contributed by atoms with Gasteiger partial charge >= 0.3 is 0 Å². The molecule has 1 aromatic heterocycles. The Kier molecular flexibility index (Phi) is 3.96. The van der Waals surface area contributed by atoms with Crippen molar-refractivity contribution in [3.63, 3.8) is 0 Å². The molecular weight excluding hydrogens is 262 g/mol. The van der Waals surface area contributed by atoms with Gasteiger partial charge in [0.2, 0.25) is 11.8 Å². The molecule has 0 bridgehead atoms. The predicted molar refractivity (Wildman–Crippen MR) is 64.9 cm³/mol. The molecule has 1 atom stereocenters. The molecule has 1 aliphatic rings. The van der Waals surface area contributed by atoms with Crippen LogP contribution in [0.5, 0.6) is 0 Å². The van der Waals surface area contributed by atoms with Gasteiger partial charge in [0.15, 0.2) is 0 Å². The maximum absolute atomic E-state index is 11.7. The van der Waals surface area contributed by atoms with E-state index in [-0.39, 0.29) is 24.3 Å². The van der Waals surface area contributed by atoms with Crippen LogP contribution in [0, 0.1) is 0 Å². The van der Waals surface area contributed by atoms with E-state index in [9.17, 15) is 9.59 Å². The number of carbonyl (C=O) groups excluding carboxylic acids is 2. The Morgan fingerprint density at radius 3 is 3.12 bits per heavy atom. The topological polar surface area (TPSA) is 71.1 Å². The van der Waals surface area contributed by atoms with Crippen molar-refractivity contribution in [2.45, 2.75) is 24.8 Å². The zero-order valence-electron chi connectivity index (χ0n) is 9.03. The highest BCUT2D eigenvalue weighted by Crippen LogP contribution is 2.12. The molecule has 0 saturated carbocycles. The van der Waals surface area contributed by atoms with Crippen LogP contribution in [0.15, 0.2) is 5.38 Å². The summed E-state index contributed by atoms with van der Waals surface area (Å²) in [4.78, 5) is 26.8. The molecule has 0 aromatic carbocycles. The number of nitrogens with zero attached hydrogens (tertiary/aromatic N) is 1. The van der Waals surface area contributed by atoms with Crippen LogP contribution in [-0.4, -0.2) is 29.4 Å². The van der Waals surface area contributed by atoms with Crippen LogP contribution in [0.1, 0.15) is 17.1 Å². The number of thiazole rings is 1. The fraction of sp³-hybridized carbons (Fsp3) is 0.500. The molecule has 1 fully saturated rings. The van der Waals surface area contributed by atoms with Crippen molar-refractivity contribution in [1.82, 2.24) is 15.6 Å². The summed E-state index contributed by atoms with van der Waals surface area (Å²) in [5, 5.41) is 8.05. The number of rotatable bonds is 4. The molecule has 0 radical (unpaired) electrons. The number of hydrogen-bond donors (Lipinski definition) is 2. The minimum atomic E-state index is -0.109. The van der Waals surface area contributed by atoms with Gasteiger partial charge in [0.1, 0.15) is 5.01 Å². The van der Waals surface area contributed by atoms with Gasteiger partial charge < -0.3 is 10.6 Å². The second kappa shape index (κ2) is 5.46. The Balaban J connectivity index is 1.82. The Labute approximate surface area is 108 Å². The van der Waals surface area contributed by atoms with Crippen molar-refractivity contribution in [3.8, 4) is 0 Å². The van der Waals surface area contributed by atoms with Crippen LogP contribution in [0.25, 0.3) is 0 Å². The lowest BCUT2D eigenvalue weighted by molar-refractivity contribution is -0.121. The first-order valence-corrected chi connectivity index (χ1v) is 6.64. The lowest BCUT2D eigenvalue weighted by Gasteiger charge is -2.08. The lowest BCUT2D eigenvalue weighted by Crippen LogP contribution is -2.37. The van der Waals surface area contributed by atoms with Gasteiger partial charge in [-0.25, -0.2) is 4.98 Å². The lowest BCUT2D eigenvalue weighted by atomic mass is 10.2. The Bertz CT molecular complexity index is 435. The molecule has 7 heteroatoms. The summed E-state index contributed by atoms with van der Waals surface area (Å²) in [6.45, 7) is 0.509. The van der Waals surface area contributed by atoms with Crippen molar-refractivity contribution in [2.24, 2.45) is 0 Å². The third-order valence-electron chi connectivity index (χ3n) is 2.39. The summed E-state index contributed by atoms with van der Waals surface area (Å²) >= 11 is 7.05. The highest BCUT2D eigenvalue weighted by Gasteiger charge is 2.23. The summed E-state index contributed by atoms with van der Waals surface area (Å²) in [5.74, 6) is 0.232. The van der Waals surface area contributed by atoms with Gasteiger partial charge in [-0.15, -0.1) is 22.9 Å². The SMILES string of the molecule is O=C1CC(NC(=O)Cc2nc(CCl)cs2)CN1. The third-order valence-corrected chi connectivity index (χ3v) is 3.56. The third kappa shape index (κ3) is 3.41. The molecule has 92 valence electrons. The smallest absolute Gasteiger partial charge is 0.227 e. The van der Waals surface area contributed by atoms with E-state index in [0.717, 1.165) is 10.7 Å². The zero-order valence-corrected chi connectivity index (χ0v) is 10.6. The van der Waals surface area contributed by atoms with Gasteiger partial charge in [0.25, 0.3) is 0 Å². The van der Waals surface area contributed by atoms with Gasteiger partial charge in [-0.3, -0.25) is 9.59 Å². The first-order chi connectivity index (χ1) is 8.17. The van der Waals surface area contributed by atoms with Gasteiger partial charge in [-0.1, -0.05) is 0 Å².